The van der Waals surface area contributed by atoms with Crippen molar-refractivity contribution in [1.29, 1.82) is 0 Å². The van der Waals surface area contributed by atoms with Gasteiger partial charge in [-0.3, -0.25) is 13.9 Å². The number of hydrogen-bond acceptors (Lipinski definition) is 4. The third-order valence-electron chi connectivity index (χ3n) is 3.58. The average molecular weight is 306 g/mol. The Kier molecular flexibility index (Phi) is 3.23. The maximum atomic E-state index is 12.1. The number of carbonyl (C=O) groups is 1. The van der Waals surface area contributed by atoms with Crippen LogP contribution in [0.15, 0.2) is 55.1 Å². The number of nitrogens with zero attached hydrogens (tertiary/aromatic N) is 5. The molecule has 3 aromatic heterocycles. The molecule has 0 unspecified atom stereocenters. The van der Waals surface area contributed by atoms with Gasteiger partial charge in [-0.15, -0.1) is 0 Å². The number of rotatable bonds is 4. The second-order valence-corrected chi connectivity index (χ2v) is 5.15. The number of nitrogens with one attached hydrogen (secondary N) is 1. The summed E-state index contributed by atoms with van der Waals surface area (Å²) in [4.78, 5) is 20.4. The molecule has 1 aromatic carbocycles. The molecule has 0 aliphatic rings. The highest BCUT2D eigenvalue weighted by atomic mass is 16.1. The van der Waals surface area contributed by atoms with Crippen molar-refractivity contribution < 1.29 is 4.79 Å². The van der Waals surface area contributed by atoms with E-state index < -0.39 is 0 Å². The molecule has 4 rings (SSSR count). The SMILES string of the molecule is O=C(NCCn1cc2ccccc2n1)c1ccn2ccnc2n1. The molecule has 3 heterocycles. The van der Waals surface area contributed by atoms with E-state index in [1.54, 1.807) is 29.1 Å². The number of fused-ring (bicyclic) bond motifs is 2. The summed E-state index contributed by atoms with van der Waals surface area (Å²) in [5, 5.41) is 8.39. The summed E-state index contributed by atoms with van der Waals surface area (Å²) in [6, 6.07) is 9.59. The number of benzene rings is 1. The highest BCUT2D eigenvalue weighted by Gasteiger charge is 2.08. The third kappa shape index (κ3) is 2.64. The molecule has 0 saturated heterocycles. The van der Waals surface area contributed by atoms with E-state index in [2.05, 4.69) is 20.4 Å². The van der Waals surface area contributed by atoms with Crippen LogP contribution in [0.1, 0.15) is 10.5 Å². The van der Waals surface area contributed by atoms with Gasteiger partial charge in [-0.25, -0.2) is 9.97 Å². The summed E-state index contributed by atoms with van der Waals surface area (Å²) < 4.78 is 3.59. The van der Waals surface area contributed by atoms with Gasteiger partial charge in [-0.05, 0) is 12.1 Å². The number of hydrogen-bond donors (Lipinski definition) is 1. The van der Waals surface area contributed by atoms with E-state index >= 15 is 0 Å². The maximum Gasteiger partial charge on any atom is 0.270 e. The van der Waals surface area contributed by atoms with Gasteiger partial charge in [0, 0.05) is 36.7 Å². The van der Waals surface area contributed by atoms with Crippen LogP contribution in [-0.2, 0) is 6.54 Å². The summed E-state index contributed by atoms with van der Waals surface area (Å²) in [7, 11) is 0. The Morgan fingerprint density at radius 1 is 1.17 bits per heavy atom. The van der Waals surface area contributed by atoms with Gasteiger partial charge in [0.25, 0.3) is 5.91 Å². The number of carbonyl (C=O) groups excluding carboxylic acids is 1. The standard InChI is InChI=1S/C16H14N6O/c23-15(14-5-8-21-9-6-18-16(21)19-14)17-7-10-22-11-12-3-1-2-4-13(12)20-22/h1-6,8-9,11H,7,10H2,(H,17,23). The van der Waals surface area contributed by atoms with E-state index in [4.69, 9.17) is 0 Å². The zero-order valence-electron chi connectivity index (χ0n) is 12.3. The summed E-state index contributed by atoms with van der Waals surface area (Å²) in [6.45, 7) is 1.08. The normalized spacial score (nSPS) is 11.1. The van der Waals surface area contributed by atoms with E-state index in [9.17, 15) is 4.79 Å². The van der Waals surface area contributed by atoms with Crippen molar-refractivity contribution in [2.75, 3.05) is 6.54 Å². The quantitative estimate of drug-likeness (QED) is 0.620. The second-order valence-electron chi connectivity index (χ2n) is 5.15. The van der Waals surface area contributed by atoms with Crippen molar-refractivity contribution in [2.45, 2.75) is 6.54 Å². The molecular formula is C16H14N6O. The zero-order valence-corrected chi connectivity index (χ0v) is 12.3. The average Bonchev–Trinajstić information content (AvgIpc) is 3.19. The molecule has 7 heteroatoms. The fraction of sp³-hybridized carbons (Fsp3) is 0.125. The molecule has 0 bridgehead atoms. The Morgan fingerprint density at radius 3 is 3.00 bits per heavy atom. The fourth-order valence-corrected chi connectivity index (χ4v) is 2.44. The molecular weight excluding hydrogens is 292 g/mol. The molecule has 1 amide bonds. The van der Waals surface area contributed by atoms with Crippen LogP contribution >= 0.6 is 0 Å². The molecule has 4 aromatic rings. The van der Waals surface area contributed by atoms with Crippen molar-refractivity contribution >= 4 is 22.6 Å². The van der Waals surface area contributed by atoms with Gasteiger partial charge in [-0.2, -0.15) is 5.10 Å². The van der Waals surface area contributed by atoms with E-state index in [0.29, 0.717) is 24.6 Å². The molecule has 23 heavy (non-hydrogen) atoms. The van der Waals surface area contributed by atoms with Crippen LogP contribution < -0.4 is 5.32 Å². The van der Waals surface area contributed by atoms with Gasteiger partial charge in [-0.1, -0.05) is 18.2 Å². The number of imidazole rings is 1. The van der Waals surface area contributed by atoms with Crippen molar-refractivity contribution in [3.05, 3.63) is 60.8 Å². The molecule has 0 saturated carbocycles. The molecule has 0 aliphatic carbocycles. The topological polar surface area (TPSA) is 77.1 Å². The Bertz CT molecular complexity index is 953. The van der Waals surface area contributed by atoms with Crippen LogP contribution in [0.5, 0.6) is 0 Å². The molecule has 0 aliphatic heterocycles. The highest BCUT2D eigenvalue weighted by molar-refractivity contribution is 5.92. The largest absolute Gasteiger partial charge is 0.349 e. The Hall–Kier alpha value is -3.22. The van der Waals surface area contributed by atoms with Crippen molar-refractivity contribution in [2.24, 2.45) is 0 Å². The lowest BCUT2D eigenvalue weighted by Crippen LogP contribution is -2.28. The molecule has 0 radical (unpaired) electrons. The lowest BCUT2D eigenvalue weighted by Gasteiger charge is -2.05. The minimum absolute atomic E-state index is 0.216. The van der Waals surface area contributed by atoms with Crippen LogP contribution in [0.2, 0.25) is 0 Å². The first-order valence-electron chi connectivity index (χ1n) is 7.30. The van der Waals surface area contributed by atoms with Gasteiger partial charge in [0.15, 0.2) is 0 Å². The van der Waals surface area contributed by atoms with Crippen LogP contribution in [-0.4, -0.2) is 36.6 Å². The molecule has 0 spiro atoms. The minimum atomic E-state index is -0.216. The predicted molar refractivity (Wildman–Crippen MR) is 85.1 cm³/mol. The first kappa shape index (κ1) is 13.4. The fourth-order valence-electron chi connectivity index (χ4n) is 2.44. The Morgan fingerprint density at radius 2 is 2.09 bits per heavy atom. The van der Waals surface area contributed by atoms with Gasteiger partial charge in [0.05, 0.1) is 12.1 Å². The lowest BCUT2D eigenvalue weighted by molar-refractivity contribution is 0.0947. The zero-order chi connectivity index (χ0) is 15.6. The van der Waals surface area contributed by atoms with Gasteiger partial charge >= 0.3 is 0 Å². The lowest BCUT2D eigenvalue weighted by atomic mass is 10.3. The van der Waals surface area contributed by atoms with E-state index in [1.807, 2.05) is 35.1 Å². The summed E-state index contributed by atoms with van der Waals surface area (Å²) in [6.07, 6.45) is 7.17. The summed E-state index contributed by atoms with van der Waals surface area (Å²) >= 11 is 0. The summed E-state index contributed by atoms with van der Waals surface area (Å²) in [5.41, 5.74) is 1.31. The first-order valence-corrected chi connectivity index (χ1v) is 7.30. The van der Waals surface area contributed by atoms with Crippen molar-refractivity contribution in [3.63, 3.8) is 0 Å². The Labute approximate surface area is 131 Å². The summed E-state index contributed by atoms with van der Waals surface area (Å²) in [5.74, 6) is 0.295. The molecule has 114 valence electrons. The van der Waals surface area contributed by atoms with E-state index in [0.717, 1.165) is 10.9 Å². The van der Waals surface area contributed by atoms with Crippen molar-refractivity contribution in [1.82, 2.24) is 29.5 Å². The molecule has 7 nitrogen and oxygen atoms in total. The highest BCUT2D eigenvalue weighted by Crippen LogP contribution is 2.10. The minimum Gasteiger partial charge on any atom is -0.349 e. The van der Waals surface area contributed by atoms with Gasteiger partial charge in [0.2, 0.25) is 5.78 Å². The monoisotopic (exact) mass is 306 g/mol. The predicted octanol–water partition coefficient (Wildman–Crippen LogP) is 1.51. The third-order valence-corrected chi connectivity index (χ3v) is 3.58. The molecule has 0 atom stereocenters. The smallest absolute Gasteiger partial charge is 0.270 e. The van der Waals surface area contributed by atoms with E-state index in [1.165, 1.54) is 0 Å². The van der Waals surface area contributed by atoms with Crippen LogP contribution in [0.25, 0.3) is 16.7 Å². The van der Waals surface area contributed by atoms with Gasteiger partial charge in [0.1, 0.15) is 5.69 Å². The molecule has 1 N–H and O–H groups in total. The van der Waals surface area contributed by atoms with Crippen LogP contribution in [0.3, 0.4) is 0 Å². The van der Waals surface area contributed by atoms with Crippen LogP contribution in [0.4, 0.5) is 0 Å². The molecule has 0 fully saturated rings. The van der Waals surface area contributed by atoms with E-state index in [-0.39, 0.29) is 5.91 Å². The number of aromatic nitrogens is 5. The van der Waals surface area contributed by atoms with Crippen molar-refractivity contribution in [3.8, 4) is 0 Å². The number of amides is 1. The Balaban J connectivity index is 1.40. The van der Waals surface area contributed by atoms with Crippen LogP contribution in [0, 0.1) is 0 Å². The maximum absolute atomic E-state index is 12.1. The van der Waals surface area contributed by atoms with Gasteiger partial charge < -0.3 is 5.32 Å². The second kappa shape index (κ2) is 5.53. The first-order chi connectivity index (χ1) is 11.3.